The van der Waals surface area contributed by atoms with E-state index in [1.54, 1.807) is 23.6 Å². The van der Waals surface area contributed by atoms with Crippen LogP contribution in [0.5, 0.6) is 0 Å². The zero-order chi connectivity index (χ0) is 18.6. The Bertz CT molecular complexity index is 923. The first-order valence-corrected chi connectivity index (χ1v) is 9.61. The van der Waals surface area contributed by atoms with Crippen LogP contribution in [0.3, 0.4) is 0 Å². The summed E-state index contributed by atoms with van der Waals surface area (Å²) in [6, 6.07) is 9.82. The summed E-state index contributed by atoms with van der Waals surface area (Å²) in [4.78, 5) is 35.9. The number of imidazole rings is 1. The lowest BCUT2D eigenvalue weighted by Crippen LogP contribution is -2.44. The Morgan fingerprint density at radius 2 is 2.11 bits per heavy atom. The van der Waals surface area contributed by atoms with Crippen LogP contribution in [-0.2, 0) is 16.1 Å². The highest BCUT2D eigenvalue weighted by atomic mass is 32.1. The highest BCUT2D eigenvalue weighted by Gasteiger charge is 2.33. The van der Waals surface area contributed by atoms with E-state index in [2.05, 4.69) is 15.3 Å². The first-order chi connectivity index (χ1) is 13.2. The zero-order valence-electron chi connectivity index (χ0n) is 14.6. The van der Waals surface area contributed by atoms with Gasteiger partial charge in [0.05, 0.1) is 17.2 Å². The van der Waals surface area contributed by atoms with E-state index in [4.69, 9.17) is 0 Å². The number of thiazole rings is 1. The maximum absolute atomic E-state index is 12.6. The predicted molar refractivity (Wildman–Crippen MR) is 103 cm³/mol. The Balaban J connectivity index is 1.40. The fourth-order valence-electron chi connectivity index (χ4n) is 3.28. The summed E-state index contributed by atoms with van der Waals surface area (Å²) in [5, 5.41) is 3.07. The first kappa shape index (κ1) is 17.4. The molecular weight excluding hydrogens is 362 g/mol. The van der Waals surface area contributed by atoms with Gasteiger partial charge in [-0.2, -0.15) is 0 Å². The maximum Gasteiger partial charge on any atom is 0.315 e. The lowest BCUT2D eigenvalue weighted by atomic mass is 10.2. The van der Waals surface area contributed by atoms with Crippen LogP contribution >= 0.6 is 11.3 Å². The Labute approximate surface area is 160 Å². The topological polar surface area (TPSA) is 80.1 Å². The molecule has 0 spiro atoms. The van der Waals surface area contributed by atoms with Crippen LogP contribution in [0.25, 0.3) is 10.4 Å². The second-order valence-electron chi connectivity index (χ2n) is 6.40. The van der Waals surface area contributed by atoms with Crippen molar-refractivity contribution in [2.45, 2.75) is 25.4 Å². The van der Waals surface area contributed by atoms with E-state index in [1.807, 2.05) is 41.1 Å². The molecule has 3 heterocycles. The minimum Gasteiger partial charge on any atom is -0.335 e. The molecule has 0 saturated carbocycles. The van der Waals surface area contributed by atoms with Crippen molar-refractivity contribution in [1.29, 1.82) is 0 Å². The third-order valence-corrected chi connectivity index (χ3v) is 5.56. The summed E-state index contributed by atoms with van der Waals surface area (Å²) >= 11 is 1.35. The van der Waals surface area contributed by atoms with E-state index in [9.17, 15) is 9.59 Å². The number of nitrogens with one attached hydrogen (secondary N) is 1. The fraction of sp³-hybridized carbons (Fsp3) is 0.263. The van der Waals surface area contributed by atoms with E-state index in [0.29, 0.717) is 18.2 Å². The summed E-state index contributed by atoms with van der Waals surface area (Å²) in [7, 11) is 0. The quantitative estimate of drug-likeness (QED) is 0.705. The predicted octanol–water partition coefficient (Wildman–Crippen LogP) is 2.64. The number of hydrogen-bond donors (Lipinski definition) is 1. The second kappa shape index (κ2) is 7.71. The van der Waals surface area contributed by atoms with Gasteiger partial charge in [0.25, 0.3) is 0 Å². The SMILES string of the molecule is O=C(Nc1ncc(-c2ccccc2)s1)C(=O)N1CCC[C@H]1Cn1ccnc1. The van der Waals surface area contributed by atoms with Crippen molar-refractivity contribution >= 4 is 28.3 Å². The summed E-state index contributed by atoms with van der Waals surface area (Å²) in [6.45, 7) is 1.24. The van der Waals surface area contributed by atoms with Crippen molar-refractivity contribution in [2.75, 3.05) is 11.9 Å². The van der Waals surface area contributed by atoms with E-state index >= 15 is 0 Å². The van der Waals surface area contributed by atoms with Gasteiger partial charge in [0, 0.05) is 31.7 Å². The average molecular weight is 381 g/mol. The number of benzene rings is 1. The highest BCUT2D eigenvalue weighted by molar-refractivity contribution is 7.19. The standard InChI is InChI=1S/C19H19N5O2S/c25-17(22-19-21-11-16(27-19)14-5-2-1-3-6-14)18(26)24-9-4-7-15(24)12-23-10-8-20-13-23/h1-3,5-6,8,10-11,13,15H,4,7,9,12H2,(H,21,22,25)/t15-/m0/s1. The minimum atomic E-state index is -0.638. The molecule has 0 unspecified atom stereocenters. The molecule has 4 rings (SSSR count). The number of amides is 2. The minimum absolute atomic E-state index is 0.00799. The number of carbonyl (C=O) groups excluding carboxylic acids is 2. The molecule has 138 valence electrons. The average Bonchev–Trinajstić information content (AvgIpc) is 3.44. The molecule has 1 aliphatic rings. The van der Waals surface area contributed by atoms with Crippen LogP contribution < -0.4 is 5.32 Å². The van der Waals surface area contributed by atoms with Crippen LogP contribution in [0.2, 0.25) is 0 Å². The lowest BCUT2D eigenvalue weighted by Gasteiger charge is -2.24. The van der Waals surface area contributed by atoms with Crippen LogP contribution in [0.1, 0.15) is 12.8 Å². The Morgan fingerprint density at radius 3 is 2.89 bits per heavy atom. The number of nitrogens with zero attached hydrogens (tertiary/aromatic N) is 4. The molecule has 0 aliphatic carbocycles. The fourth-order valence-corrected chi connectivity index (χ4v) is 4.10. The van der Waals surface area contributed by atoms with Crippen LogP contribution in [0, 0.1) is 0 Å². The Kier molecular flexibility index (Phi) is 4.97. The Hall–Kier alpha value is -3.00. The van der Waals surface area contributed by atoms with Gasteiger partial charge in [-0.25, -0.2) is 9.97 Å². The van der Waals surface area contributed by atoms with Gasteiger partial charge >= 0.3 is 11.8 Å². The number of aromatic nitrogens is 3. The first-order valence-electron chi connectivity index (χ1n) is 8.79. The number of rotatable bonds is 4. The van der Waals surface area contributed by atoms with Crippen LogP contribution in [0.15, 0.2) is 55.2 Å². The molecule has 0 bridgehead atoms. The van der Waals surface area contributed by atoms with Crippen molar-refractivity contribution < 1.29 is 9.59 Å². The molecule has 0 radical (unpaired) electrons. The molecule has 8 heteroatoms. The molecule has 1 aromatic carbocycles. The number of anilines is 1. The number of hydrogen-bond acceptors (Lipinski definition) is 5. The van der Waals surface area contributed by atoms with Gasteiger partial charge in [0.15, 0.2) is 5.13 Å². The third kappa shape index (κ3) is 3.90. The Morgan fingerprint density at radius 1 is 1.26 bits per heavy atom. The van der Waals surface area contributed by atoms with Gasteiger partial charge in [-0.3, -0.25) is 14.9 Å². The van der Waals surface area contributed by atoms with Gasteiger partial charge in [-0.15, -0.1) is 0 Å². The highest BCUT2D eigenvalue weighted by Crippen LogP contribution is 2.28. The van der Waals surface area contributed by atoms with Gasteiger partial charge in [-0.1, -0.05) is 41.7 Å². The molecule has 1 atom stereocenters. The molecule has 2 aromatic heterocycles. The van der Waals surface area contributed by atoms with E-state index in [0.717, 1.165) is 23.3 Å². The molecule has 1 saturated heterocycles. The van der Waals surface area contributed by atoms with E-state index < -0.39 is 11.8 Å². The van der Waals surface area contributed by atoms with Crippen molar-refractivity contribution in [3.63, 3.8) is 0 Å². The van der Waals surface area contributed by atoms with E-state index in [1.165, 1.54) is 11.3 Å². The second-order valence-corrected chi connectivity index (χ2v) is 7.43. The van der Waals surface area contributed by atoms with Gasteiger partial charge in [0.1, 0.15) is 0 Å². The summed E-state index contributed by atoms with van der Waals surface area (Å²) in [5.74, 6) is -1.14. The summed E-state index contributed by atoms with van der Waals surface area (Å²) in [5.41, 5.74) is 1.03. The number of likely N-dealkylation sites (tertiary alicyclic amines) is 1. The normalized spacial score (nSPS) is 16.4. The van der Waals surface area contributed by atoms with Crippen molar-refractivity contribution in [2.24, 2.45) is 0 Å². The maximum atomic E-state index is 12.6. The molecule has 3 aromatic rings. The monoisotopic (exact) mass is 381 g/mol. The molecule has 7 nitrogen and oxygen atoms in total. The smallest absolute Gasteiger partial charge is 0.315 e. The molecule has 1 N–H and O–H groups in total. The summed E-state index contributed by atoms with van der Waals surface area (Å²) < 4.78 is 1.93. The van der Waals surface area contributed by atoms with Gasteiger partial charge < -0.3 is 9.47 Å². The largest absolute Gasteiger partial charge is 0.335 e. The molecule has 1 aliphatic heterocycles. The van der Waals surface area contributed by atoms with Gasteiger partial charge in [0.2, 0.25) is 0 Å². The molecular formula is C19H19N5O2S. The molecule has 2 amide bonds. The lowest BCUT2D eigenvalue weighted by molar-refractivity contribution is -0.143. The third-order valence-electron chi connectivity index (χ3n) is 4.60. The zero-order valence-corrected chi connectivity index (χ0v) is 15.4. The van der Waals surface area contributed by atoms with Crippen molar-refractivity contribution in [3.05, 3.63) is 55.2 Å². The van der Waals surface area contributed by atoms with Crippen LogP contribution in [-0.4, -0.2) is 43.8 Å². The summed E-state index contributed by atoms with van der Waals surface area (Å²) in [6.07, 6.45) is 8.78. The molecule has 1 fully saturated rings. The van der Waals surface area contributed by atoms with Crippen LogP contribution in [0.4, 0.5) is 5.13 Å². The van der Waals surface area contributed by atoms with Crippen molar-refractivity contribution in [1.82, 2.24) is 19.4 Å². The number of carbonyl (C=O) groups is 2. The van der Waals surface area contributed by atoms with E-state index in [-0.39, 0.29) is 6.04 Å². The van der Waals surface area contributed by atoms with Crippen molar-refractivity contribution in [3.8, 4) is 10.4 Å². The molecule has 27 heavy (non-hydrogen) atoms. The van der Waals surface area contributed by atoms with Gasteiger partial charge in [-0.05, 0) is 18.4 Å².